The quantitative estimate of drug-likeness (QED) is 0.159. The summed E-state index contributed by atoms with van der Waals surface area (Å²) in [6, 6.07) is 93.7. The van der Waals surface area contributed by atoms with Crippen molar-refractivity contribution in [3.8, 4) is 33.4 Å². The molecule has 0 saturated heterocycles. The molecule has 0 heterocycles. The lowest BCUT2D eigenvalue weighted by Crippen LogP contribution is -2.26. The summed E-state index contributed by atoms with van der Waals surface area (Å²) in [5.41, 5.74) is 15.7. The molecule has 0 N–H and O–H groups in total. The van der Waals surface area contributed by atoms with Gasteiger partial charge in [0.05, 0.1) is 16.8 Å². The Bertz CT molecular complexity index is 4200. The maximum absolute atomic E-state index is 2.60. The molecule has 13 aromatic rings. The molecule has 0 saturated carbocycles. The van der Waals surface area contributed by atoms with Gasteiger partial charge in [0.25, 0.3) is 0 Å². The smallest absolute Gasteiger partial charge is 0.0726 e. The normalized spacial score (nSPS) is 13.1. The van der Waals surface area contributed by atoms with E-state index in [0.717, 1.165) is 17.1 Å². The first kappa shape index (κ1) is 37.4. The second-order valence-corrected chi connectivity index (χ2v) is 18.6. The van der Waals surface area contributed by atoms with E-state index in [0.29, 0.717) is 0 Å². The highest BCUT2D eigenvalue weighted by Crippen LogP contribution is 2.64. The standard InChI is InChI=1S/C67H41N/c1-4-22-46-42(18-1)20-17-35-65(46)68(44-36-37-53-50-26-7-6-24-48(50)49-25-8-10-28-52(49)58(53)39-44)66-41-64-59(40-60(66)57-38-43-19-2-3-21-45(43)47-23-5-9-27-51(47)57)56-31-13-16-34-63(56)67(64)61-32-14-11-29-54(61)55-30-12-15-33-62(55)67/h1-41H. The third-order valence-corrected chi connectivity index (χ3v) is 15.4. The van der Waals surface area contributed by atoms with E-state index >= 15 is 0 Å². The first-order chi connectivity index (χ1) is 33.8. The van der Waals surface area contributed by atoms with E-state index in [2.05, 4.69) is 254 Å². The molecular weight excluding hydrogens is 819 g/mol. The van der Waals surface area contributed by atoms with Crippen LogP contribution in [0.4, 0.5) is 17.1 Å². The third kappa shape index (κ3) is 5.00. The molecule has 0 aromatic heterocycles. The van der Waals surface area contributed by atoms with Gasteiger partial charge in [-0.25, -0.2) is 0 Å². The lowest BCUT2D eigenvalue weighted by molar-refractivity contribution is 0.794. The van der Waals surface area contributed by atoms with Crippen molar-refractivity contribution in [3.05, 3.63) is 271 Å². The fourth-order valence-electron chi connectivity index (χ4n) is 12.7. The Morgan fingerprint density at radius 3 is 1.31 bits per heavy atom. The molecule has 1 nitrogen and oxygen atoms in total. The van der Waals surface area contributed by atoms with E-state index in [-0.39, 0.29) is 0 Å². The van der Waals surface area contributed by atoms with Crippen LogP contribution in [-0.2, 0) is 5.41 Å². The van der Waals surface area contributed by atoms with Crippen molar-refractivity contribution < 1.29 is 0 Å². The van der Waals surface area contributed by atoms with Crippen molar-refractivity contribution in [1.82, 2.24) is 0 Å². The Morgan fingerprint density at radius 2 is 0.676 bits per heavy atom. The summed E-state index contributed by atoms with van der Waals surface area (Å²) in [5, 5.41) is 14.9. The van der Waals surface area contributed by atoms with Gasteiger partial charge in [-0.15, -0.1) is 0 Å². The second kappa shape index (κ2) is 14.1. The van der Waals surface area contributed by atoms with E-state index in [4.69, 9.17) is 0 Å². The minimum absolute atomic E-state index is 0.527. The summed E-state index contributed by atoms with van der Waals surface area (Å²) in [4.78, 5) is 2.59. The number of fused-ring (bicyclic) bond motifs is 20. The van der Waals surface area contributed by atoms with E-state index in [9.17, 15) is 0 Å². The first-order valence-electron chi connectivity index (χ1n) is 23.8. The van der Waals surface area contributed by atoms with Crippen LogP contribution in [0.3, 0.4) is 0 Å². The van der Waals surface area contributed by atoms with Crippen LogP contribution in [0.25, 0.3) is 98.0 Å². The van der Waals surface area contributed by atoms with E-state index in [1.54, 1.807) is 0 Å². The number of benzene rings is 13. The molecule has 15 rings (SSSR count). The summed E-state index contributed by atoms with van der Waals surface area (Å²) in [6.07, 6.45) is 0. The summed E-state index contributed by atoms with van der Waals surface area (Å²) < 4.78 is 0. The monoisotopic (exact) mass is 859 g/mol. The Kier molecular flexibility index (Phi) is 7.77. The molecule has 0 amide bonds. The van der Waals surface area contributed by atoms with E-state index in [1.165, 1.54) is 120 Å². The zero-order chi connectivity index (χ0) is 44.5. The van der Waals surface area contributed by atoms with Gasteiger partial charge in [0.1, 0.15) is 0 Å². The molecule has 0 fully saturated rings. The van der Waals surface area contributed by atoms with Crippen molar-refractivity contribution >= 4 is 81.7 Å². The van der Waals surface area contributed by atoms with Crippen LogP contribution in [0.2, 0.25) is 0 Å². The van der Waals surface area contributed by atoms with Gasteiger partial charge in [-0.05, 0) is 146 Å². The fourth-order valence-corrected chi connectivity index (χ4v) is 12.7. The third-order valence-electron chi connectivity index (χ3n) is 15.4. The summed E-state index contributed by atoms with van der Waals surface area (Å²) in [7, 11) is 0. The maximum atomic E-state index is 2.60. The van der Waals surface area contributed by atoms with Crippen LogP contribution in [0.5, 0.6) is 0 Å². The maximum Gasteiger partial charge on any atom is 0.0726 e. The number of anilines is 3. The Balaban J connectivity index is 1.13. The van der Waals surface area contributed by atoms with Gasteiger partial charge < -0.3 is 4.90 Å². The van der Waals surface area contributed by atoms with Crippen LogP contribution in [0.15, 0.2) is 249 Å². The molecule has 68 heavy (non-hydrogen) atoms. The molecule has 1 spiro atoms. The lowest BCUT2D eigenvalue weighted by atomic mass is 9.70. The lowest BCUT2D eigenvalue weighted by Gasteiger charge is -2.34. The van der Waals surface area contributed by atoms with Crippen LogP contribution in [-0.4, -0.2) is 0 Å². The molecule has 0 atom stereocenters. The summed E-state index contributed by atoms with van der Waals surface area (Å²) in [5.74, 6) is 0. The van der Waals surface area contributed by atoms with Gasteiger partial charge in [0.15, 0.2) is 0 Å². The Hall–Kier alpha value is -8.78. The van der Waals surface area contributed by atoms with Crippen molar-refractivity contribution in [2.75, 3.05) is 4.90 Å². The molecule has 0 unspecified atom stereocenters. The fraction of sp³-hybridized carbons (Fsp3) is 0.0149. The molecule has 0 bridgehead atoms. The van der Waals surface area contributed by atoms with E-state index < -0.39 is 5.41 Å². The minimum atomic E-state index is -0.527. The number of nitrogens with zero attached hydrogens (tertiary/aromatic N) is 1. The molecule has 0 radical (unpaired) electrons. The van der Waals surface area contributed by atoms with Crippen molar-refractivity contribution in [2.24, 2.45) is 0 Å². The van der Waals surface area contributed by atoms with Crippen LogP contribution >= 0.6 is 0 Å². The summed E-state index contributed by atoms with van der Waals surface area (Å²) in [6.45, 7) is 0. The average Bonchev–Trinajstić information content (AvgIpc) is 3.87. The number of hydrogen-bond donors (Lipinski definition) is 0. The SMILES string of the molecule is c1ccc2c(c1)-c1ccccc1C21c2ccccc2-c2cc(-c3cc4ccccc4c4ccccc34)c(N(c3ccc4c5ccccc5c5ccccc5c4c3)c3cccc4ccccc34)cc21. The number of rotatable bonds is 4. The molecule has 2 aliphatic carbocycles. The van der Waals surface area contributed by atoms with Gasteiger partial charge in [0.2, 0.25) is 0 Å². The van der Waals surface area contributed by atoms with Gasteiger partial charge in [-0.1, -0.05) is 212 Å². The molecule has 1 heteroatoms. The molecule has 2 aliphatic rings. The number of hydrogen-bond acceptors (Lipinski definition) is 1. The molecular formula is C67H41N. The van der Waals surface area contributed by atoms with Crippen LogP contribution < -0.4 is 4.90 Å². The Labute approximate surface area is 394 Å². The van der Waals surface area contributed by atoms with Gasteiger partial charge in [-0.2, -0.15) is 0 Å². The minimum Gasteiger partial charge on any atom is -0.309 e. The predicted molar refractivity (Wildman–Crippen MR) is 288 cm³/mol. The molecule has 0 aliphatic heterocycles. The average molecular weight is 860 g/mol. The van der Waals surface area contributed by atoms with Crippen molar-refractivity contribution in [1.29, 1.82) is 0 Å². The molecule has 314 valence electrons. The van der Waals surface area contributed by atoms with Crippen molar-refractivity contribution in [3.63, 3.8) is 0 Å². The molecule has 13 aromatic carbocycles. The topological polar surface area (TPSA) is 3.24 Å². The second-order valence-electron chi connectivity index (χ2n) is 18.6. The van der Waals surface area contributed by atoms with Gasteiger partial charge in [0, 0.05) is 16.6 Å². The predicted octanol–water partition coefficient (Wildman–Crippen LogP) is 18.1. The highest BCUT2D eigenvalue weighted by molar-refractivity contribution is 6.26. The zero-order valence-corrected chi connectivity index (χ0v) is 37.1. The van der Waals surface area contributed by atoms with Gasteiger partial charge >= 0.3 is 0 Å². The first-order valence-corrected chi connectivity index (χ1v) is 23.8. The zero-order valence-electron chi connectivity index (χ0n) is 37.1. The largest absolute Gasteiger partial charge is 0.309 e. The highest BCUT2D eigenvalue weighted by Gasteiger charge is 2.52. The van der Waals surface area contributed by atoms with Crippen molar-refractivity contribution in [2.45, 2.75) is 5.41 Å². The summed E-state index contributed by atoms with van der Waals surface area (Å²) >= 11 is 0. The van der Waals surface area contributed by atoms with Crippen LogP contribution in [0, 0.1) is 0 Å². The van der Waals surface area contributed by atoms with Crippen LogP contribution in [0.1, 0.15) is 22.3 Å². The Morgan fingerprint density at radius 1 is 0.221 bits per heavy atom. The van der Waals surface area contributed by atoms with E-state index in [1.807, 2.05) is 0 Å². The van der Waals surface area contributed by atoms with Gasteiger partial charge in [-0.3, -0.25) is 0 Å². The highest BCUT2D eigenvalue weighted by atomic mass is 15.1.